The minimum atomic E-state index is -0.585. The van der Waals surface area contributed by atoms with Crippen molar-refractivity contribution in [3.63, 3.8) is 0 Å². The number of pyridine rings is 1. The number of hydrogen-bond acceptors (Lipinski definition) is 7. The maximum atomic E-state index is 12.9. The van der Waals surface area contributed by atoms with Crippen LogP contribution in [0.3, 0.4) is 0 Å². The third kappa shape index (κ3) is 6.12. The molecule has 0 spiro atoms. The van der Waals surface area contributed by atoms with Gasteiger partial charge in [0.15, 0.2) is 11.6 Å². The van der Waals surface area contributed by atoms with Gasteiger partial charge in [-0.05, 0) is 55.0 Å². The lowest BCUT2D eigenvalue weighted by molar-refractivity contribution is -0.116. The van der Waals surface area contributed by atoms with Crippen molar-refractivity contribution >= 4 is 47.3 Å². The molecule has 0 atom stereocenters. The van der Waals surface area contributed by atoms with Crippen molar-refractivity contribution in [1.29, 1.82) is 5.26 Å². The number of benzene rings is 2. The predicted octanol–water partition coefficient (Wildman–Crippen LogP) is 5.51. The average Bonchev–Trinajstić information content (AvgIpc) is 3.30. The van der Waals surface area contributed by atoms with Gasteiger partial charge in [-0.2, -0.15) is 5.26 Å². The fourth-order valence-corrected chi connectivity index (χ4v) is 3.89. The Morgan fingerprint density at radius 3 is 2.58 bits per heavy atom. The smallest absolute Gasteiger partial charge is 0.292 e. The summed E-state index contributed by atoms with van der Waals surface area (Å²) in [6.45, 7) is 1.93. The molecular formula is C27H23Cl2N5O4. The number of phenolic OH excluding ortho intramolecular Hbond substituents is 1. The molecule has 11 heteroatoms. The zero-order valence-electron chi connectivity index (χ0n) is 20.1. The number of aromatic hydroxyl groups is 1. The molecule has 0 saturated heterocycles. The summed E-state index contributed by atoms with van der Waals surface area (Å²) in [4.78, 5) is 29.5. The van der Waals surface area contributed by atoms with Crippen molar-refractivity contribution in [3.05, 3.63) is 82.8 Å². The van der Waals surface area contributed by atoms with Crippen molar-refractivity contribution in [3.8, 4) is 34.2 Å². The van der Waals surface area contributed by atoms with Crippen LogP contribution in [0.5, 0.6) is 5.75 Å². The van der Waals surface area contributed by atoms with Gasteiger partial charge in [-0.25, -0.2) is 4.98 Å². The van der Waals surface area contributed by atoms with Crippen LogP contribution in [-0.4, -0.2) is 28.4 Å². The molecule has 2 heterocycles. The number of hydrogen-bond donors (Lipinski definition) is 4. The van der Waals surface area contributed by atoms with E-state index in [0.717, 1.165) is 0 Å². The number of nitrogens with one attached hydrogen (secondary N) is 2. The fraction of sp³-hybridized carbons (Fsp3) is 0.111. The Hall–Kier alpha value is -4.36. The molecule has 0 radical (unpaired) electrons. The maximum absolute atomic E-state index is 12.9. The molecule has 2 amide bonds. The highest BCUT2D eigenvalue weighted by molar-refractivity contribution is 6.30. The van der Waals surface area contributed by atoms with Crippen LogP contribution in [0.4, 0.5) is 11.5 Å². The molecule has 9 nitrogen and oxygen atoms in total. The lowest BCUT2D eigenvalue weighted by Crippen LogP contribution is -2.16. The van der Waals surface area contributed by atoms with Gasteiger partial charge >= 0.3 is 0 Å². The number of furan rings is 1. The summed E-state index contributed by atoms with van der Waals surface area (Å²) in [5, 5.41) is 26.4. The van der Waals surface area contributed by atoms with Crippen LogP contribution in [0, 0.1) is 18.3 Å². The van der Waals surface area contributed by atoms with Crippen molar-refractivity contribution in [2.24, 2.45) is 5.73 Å². The number of rotatable bonds is 7. The summed E-state index contributed by atoms with van der Waals surface area (Å²) < 4.78 is 5.28. The number of nitrogens with zero attached hydrogens (tertiary/aromatic N) is 2. The molecule has 5 N–H and O–H groups in total. The van der Waals surface area contributed by atoms with E-state index < -0.39 is 5.91 Å². The number of halogens is 2. The molecule has 0 aliphatic heterocycles. The molecule has 0 fully saturated rings. The van der Waals surface area contributed by atoms with E-state index in [0.29, 0.717) is 33.0 Å². The normalized spacial score (nSPS) is 10.3. The van der Waals surface area contributed by atoms with Crippen molar-refractivity contribution in [2.45, 2.75) is 13.3 Å². The molecular weight excluding hydrogens is 529 g/mol. The molecule has 2 aromatic carbocycles. The summed E-state index contributed by atoms with van der Waals surface area (Å²) in [5.74, 6) is -0.905. The Kier molecular flexibility index (Phi) is 9.10. The highest BCUT2D eigenvalue weighted by Gasteiger charge is 2.21. The van der Waals surface area contributed by atoms with E-state index >= 15 is 0 Å². The molecule has 0 saturated carbocycles. The minimum absolute atomic E-state index is 0. The zero-order chi connectivity index (χ0) is 26.5. The number of phenols is 1. The summed E-state index contributed by atoms with van der Waals surface area (Å²) in [6.07, 6.45) is 1.55. The van der Waals surface area contributed by atoms with E-state index in [4.69, 9.17) is 21.8 Å². The molecule has 4 aromatic rings. The van der Waals surface area contributed by atoms with Gasteiger partial charge in [0, 0.05) is 40.4 Å². The van der Waals surface area contributed by atoms with Crippen LogP contribution < -0.4 is 16.4 Å². The van der Waals surface area contributed by atoms with Gasteiger partial charge in [-0.15, -0.1) is 12.4 Å². The Morgan fingerprint density at radius 1 is 1.13 bits per heavy atom. The first-order chi connectivity index (χ1) is 17.8. The molecule has 38 heavy (non-hydrogen) atoms. The molecule has 194 valence electrons. The molecule has 0 aliphatic carbocycles. The number of aryl methyl sites for hydroxylation is 1. The number of nitriles is 1. The number of nitrogens with two attached hydrogens (primary N) is 1. The Bertz CT molecular complexity index is 1540. The van der Waals surface area contributed by atoms with Gasteiger partial charge in [0.25, 0.3) is 5.91 Å². The number of carbonyl (C=O) groups excluding carboxylic acids is 2. The lowest BCUT2D eigenvalue weighted by atomic mass is 9.97. The average molecular weight is 552 g/mol. The minimum Gasteiger partial charge on any atom is -0.507 e. The topological polar surface area (TPSA) is 154 Å². The second-order valence-corrected chi connectivity index (χ2v) is 8.54. The molecule has 0 unspecified atom stereocenters. The molecule has 0 bridgehead atoms. The van der Waals surface area contributed by atoms with Crippen LogP contribution in [0.25, 0.3) is 22.4 Å². The lowest BCUT2D eigenvalue weighted by Gasteiger charge is -2.15. The van der Waals surface area contributed by atoms with Gasteiger partial charge in [0.2, 0.25) is 5.91 Å². The third-order valence-electron chi connectivity index (χ3n) is 5.50. The summed E-state index contributed by atoms with van der Waals surface area (Å²) in [7, 11) is 0. The molecule has 2 aromatic heterocycles. The van der Waals surface area contributed by atoms with Gasteiger partial charge in [-0.1, -0.05) is 23.7 Å². The number of anilines is 2. The van der Waals surface area contributed by atoms with Crippen LogP contribution in [0.1, 0.15) is 28.1 Å². The van der Waals surface area contributed by atoms with Crippen molar-refractivity contribution < 1.29 is 19.1 Å². The van der Waals surface area contributed by atoms with E-state index in [1.165, 1.54) is 12.3 Å². The van der Waals surface area contributed by atoms with Gasteiger partial charge < -0.3 is 25.9 Å². The predicted molar refractivity (Wildman–Crippen MR) is 147 cm³/mol. The molecule has 0 aliphatic rings. The first-order valence-corrected chi connectivity index (χ1v) is 11.6. The second kappa shape index (κ2) is 12.3. The highest BCUT2D eigenvalue weighted by atomic mass is 35.5. The van der Waals surface area contributed by atoms with E-state index in [2.05, 4.69) is 21.7 Å². The number of amides is 2. The van der Waals surface area contributed by atoms with E-state index in [1.54, 1.807) is 55.5 Å². The first-order valence-electron chi connectivity index (χ1n) is 11.2. The first kappa shape index (κ1) is 28.2. The Labute approximate surface area is 229 Å². The van der Waals surface area contributed by atoms with Gasteiger partial charge in [-0.3, -0.25) is 9.59 Å². The standard InChI is InChI=1S/C27H22ClN5O4.ClH/c1-15-8-10-37-25(15)27(36)33-26-21(14-30)20(13-22(32-26)19-6-5-17(28)12-23(19)34)16-3-2-4-18(11-16)31-24(35)7-9-29;/h2-6,8,10-13,34H,7,9,29H2,1H3,(H,31,35)(H,32,33,36);1H. The van der Waals surface area contributed by atoms with Crippen LogP contribution in [0.15, 0.2) is 65.3 Å². The van der Waals surface area contributed by atoms with Crippen molar-refractivity contribution in [2.75, 3.05) is 17.2 Å². The Balaban J connectivity index is 0.00000400. The van der Waals surface area contributed by atoms with E-state index in [1.807, 2.05) is 0 Å². The monoisotopic (exact) mass is 551 g/mol. The van der Waals surface area contributed by atoms with Crippen molar-refractivity contribution in [1.82, 2.24) is 4.98 Å². The SMILES string of the molecule is Cc1ccoc1C(=O)Nc1nc(-c2ccc(Cl)cc2O)cc(-c2cccc(NC(=O)CCN)c2)c1C#N.Cl. The molecule has 4 rings (SSSR count). The van der Waals surface area contributed by atoms with E-state index in [9.17, 15) is 20.0 Å². The zero-order valence-corrected chi connectivity index (χ0v) is 21.7. The highest BCUT2D eigenvalue weighted by Crippen LogP contribution is 2.37. The van der Waals surface area contributed by atoms with E-state index in [-0.39, 0.29) is 59.9 Å². The largest absolute Gasteiger partial charge is 0.507 e. The quantitative estimate of drug-likeness (QED) is 0.236. The Morgan fingerprint density at radius 2 is 1.92 bits per heavy atom. The number of aromatic nitrogens is 1. The third-order valence-corrected chi connectivity index (χ3v) is 5.73. The van der Waals surface area contributed by atoms with Gasteiger partial charge in [0.05, 0.1) is 12.0 Å². The van der Waals surface area contributed by atoms with Crippen LogP contribution in [0.2, 0.25) is 5.02 Å². The second-order valence-electron chi connectivity index (χ2n) is 8.11. The maximum Gasteiger partial charge on any atom is 0.292 e. The van der Waals surface area contributed by atoms with Crippen LogP contribution >= 0.6 is 24.0 Å². The van der Waals surface area contributed by atoms with Crippen LogP contribution in [-0.2, 0) is 4.79 Å². The van der Waals surface area contributed by atoms with Gasteiger partial charge in [0.1, 0.15) is 17.4 Å². The summed E-state index contributed by atoms with van der Waals surface area (Å²) in [5.41, 5.74) is 8.28. The summed E-state index contributed by atoms with van der Waals surface area (Å²) in [6, 6.07) is 16.8. The fourth-order valence-electron chi connectivity index (χ4n) is 3.72. The number of carbonyl (C=O) groups is 2. The summed E-state index contributed by atoms with van der Waals surface area (Å²) >= 11 is 6.00.